The molecule has 2 N–H and O–H groups in total. The molecule has 0 saturated carbocycles. The molecule has 0 aromatic heterocycles. The Morgan fingerprint density at radius 2 is 1.93 bits per heavy atom. The summed E-state index contributed by atoms with van der Waals surface area (Å²) in [7, 11) is 1.56. The molecule has 0 aromatic rings. The number of amides is 2. The van der Waals surface area contributed by atoms with E-state index in [-0.39, 0.29) is 16.6 Å². The van der Waals surface area contributed by atoms with Crippen molar-refractivity contribution in [3.8, 4) is 0 Å². The first-order valence-electron chi connectivity index (χ1n) is 4.70. The highest BCUT2D eigenvalue weighted by molar-refractivity contribution is 9.10. The minimum absolute atomic E-state index is 0.204. The first kappa shape index (κ1) is 14.4. The number of hydrogen-bond acceptors (Lipinski definition) is 3. The molecule has 0 aliphatic rings. The van der Waals surface area contributed by atoms with Gasteiger partial charge in [0.15, 0.2) is 0 Å². The van der Waals surface area contributed by atoms with Crippen molar-refractivity contribution in [2.24, 2.45) is 0 Å². The van der Waals surface area contributed by atoms with Crippen molar-refractivity contribution in [3.05, 3.63) is 0 Å². The lowest BCUT2D eigenvalue weighted by molar-refractivity contribution is -0.128. The molecule has 5 nitrogen and oxygen atoms in total. The number of nitrogens with one attached hydrogen (secondary N) is 2. The smallest absolute Gasteiger partial charge is 0.242 e. The third-order valence-electron chi connectivity index (χ3n) is 1.72. The zero-order valence-corrected chi connectivity index (χ0v) is 10.8. The van der Waals surface area contributed by atoms with E-state index in [0.717, 1.165) is 0 Å². The minimum Gasteiger partial charge on any atom is -0.383 e. The monoisotopic (exact) mass is 280 g/mol. The van der Waals surface area contributed by atoms with E-state index in [1.54, 1.807) is 21.0 Å². The molecule has 0 aliphatic heterocycles. The number of alkyl halides is 1. The van der Waals surface area contributed by atoms with Crippen LogP contribution < -0.4 is 10.6 Å². The molecule has 2 unspecified atom stereocenters. The lowest BCUT2D eigenvalue weighted by Crippen LogP contribution is -2.47. The van der Waals surface area contributed by atoms with E-state index in [2.05, 4.69) is 26.6 Å². The summed E-state index contributed by atoms with van der Waals surface area (Å²) >= 11 is 3.12. The molecule has 0 saturated heterocycles. The van der Waals surface area contributed by atoms with Crippen LogP contribution in [-0.2, 0) is 14.3 Å². The van der Waals surface area contributed by atoms with Crippen molar-refractivity contribution < 1.29 is 14.3 Å². The topological polar surface area (TPSA) is 67.4 Å². The number of methoxy groups -OCH3 is 1. The van der Waals surface area contributed by atoms with E-state index >= 15 is 0 Å². The van der Waals surface area contributed by atoms with E-state index in [1.807, 2.05) is 0 Å². The van der Waals surface area contributed by atoms with Gasteiger partial charge in [-0.1, -0.05) is 15.9 Å². The number of rotatable bonds is 6. The molecule has 15 heavy (non-hydrogen) atoms. The molecule has 0 aliphatic carbocycles. The zero-order valence-electron chi connectivity index (χ0n) is 9.17. The summed E-state index contributed by atoms with van der Waals surface area (Å²) in [6.07, 6.45) is 0. The van der Waals surface area contributed by atoms with Crippen LogP contribution in [0.4, 0.5) is 0 Å². The molecule has 88 valence electrons. The molecular weight excluding hydrogens is 264 g/mol. The fourth-order valence-electron chi connectivity index (χ4n) is 0.823. The van der Waals surface area contributed by atoms with Crippen LogP contribution in [0.15, 0.2) is 0 Å². The van der Waals surface area contributed by atoms with Crippen molar-refractivity contribution in [3.63, 3.8) is 0 Å². The van der Waals surface area contributed by atoms with Crippen LogP contribution in [0.1, 0.15) is 13.8 Å². The van der Waals surface area contributed by atoms with Crippen LogP contribution in [0.2, 0.25) is 0 Å². The van der Waals surface area contributed by atoms with E-state index in [9.17, 15) is 9.59 Å². The fourth-order valence-corrected chi connectivity index (χ4v) is 0.955. The number of carbonyl (C=O) groups is 2. The maximum atomic E-state index is 11.4. The van der Waals surface area contributed by atoms with Crippen LogP contribution in [0.5, 0.6) is 0 Å². The highest BCUT2D eigenvalue weighted by atomic mass is 79.9. The summed E-state index contributed by atoms with van der Waals surface area (Å²) in [6, 6.07) is -0.533. The SMILES string of the molecule is COCCNC(=O)C(C)NC(=O)C(C)Br. The Hall–Kier alpha value is -0.620. The normalized spacial score (nSPS) is 14.1. The van der Waals surface area contributed by atoms with Crippen molar-refractivity contribution in [1.29, 1.82) is 0 Å². The Labute approximate surface area is 98.1 Å². The number of ether oxygens (including phenoxy) is 1. The van der Waals surface area contributed by atoms with Gasteiger partial charge < -0.3 is 15.4 Å². The van der Waals surface area contributed by atoms with Gasteiger partial charge in [0.25, 0.3) is 0 Å². The summed E-state index contributed by atoms with van der Waals surface area (Å²) in [5.41, 5.74) is 0. The highest BCUT2D eigenvalue weighted by Crippen LogP contribution is 1.97. The number of carbonyl (C=O) groups excluding carboxylic acids is 2. The Balaban J connectivity index is 3.83. The van der Waals surface area contributed by atoms with Gasteiger partial charge in [0.2, 0.25) is 11.8 Å². The van der Waals surface area contributed by atoms with Crippen LogP contribution in [0.25, 0.3) is 0 Å². The van der Waals surface area contributed by atoms with Crippen LogP contribution >= 0.6 is 15.9 Å². The number of halogens is 1. The van der Waals surface area contributed by atoms with Gasteiger partial charge in [-0.2, -0.15) is 0 Å². The van der Waals surface area contributed by atoms with E-state index in [1.165, 1.54) is 0 Å². The molecule has 0 rings (SSSR count). The average molecular weight is 281 g/mol. The van der Waals surface area contributed by atoms with Gasteiger partial charge in [-0.3, -0.25) is 9.59 Å². The lowest BCUT2D eigenvalue weighted by Gasteiger charge is -2.14. The van der Waals surface area contributed by atoms with Gasteiger partial charge >= 0.3 is 0 Å². The molecule has 2 amide bonds. The second-order valence-electron chi connectivity index (χ2n) is 3.13. The Kier molecular flexibility index (Phi) is 7.33. The quantitative estimate of drug-likeness (QED) is 0.533. The van der Waals surface area contributed by atoms with Gasteiger partial charge in [-0.05, 0) is 13.8 Å². The molecule has 0 heterocycles. The van der Waals surface area contributed by atoms with Crippen molar-refractivity contribution in [2.75, 3.05) is 20.3 Å². The van der Waals surface area contributed by atoms with Gasteiger partial charge in [0.1, 0.15) is 6.04 Å². The van der Waals surface area contributed by atoms with E-state index < -0.39 is 6.04 Å². The molecule has 6 heteroatoms. The summed E-state index contributed by atoms with van der Waals surface area (Å²) in [5, 5.41) is 5.20. The molecule has 2 atom stereocenters. The second-order valence-corrected chi connectivity index (χ2v) is 4.50. The predicted molar refractivity (Wildman–Crippen MR) is 60.9 cm³/mol. The van der Waals surface area contributed by atoms with Gasteiger partial charge in [-0.25, -0.2) is 0 Å². The first-order chi connectivity index (χ1) is 6.99. The summed E-state index contributed by atoms with van der Waals surface area (Å²) < 4.78 is 4.78. The van der Waals surface area contributed by atoms with Gasteiger partial charge in [0, 0.05) is 13.7 Å². The molecule has 0 spiro atoms. The van der Waals surface area contributed by atoms with Crippen LogP contribution in [0, 0.1) is 0 Å². The zero-order chi connectivity index (χ0) is 11.8. The second kappa shape index (κ2) is 7.64. The van der Waals surface area contributed by atoms with E-state index in [0.29, 0.717) is 13.2 Å². The highest BCUT2D eigenvalue weighted by Gasteiger charge is 2.17. The Bertz CT molecular complexity index is 221. The van der Waals surface area contributed by atoms with E-state index in [4.69, 9.17) is 4.74 Å². The largest absolute Gasteiger partial charge is 0.383 e. The lowest BCUT2D eigenvalue weighted by atomic mass is 10.3. The molecule has 0 radical (unpaired) electrons. The third-order valence-corrected chi connectivity index (χ3v) is 2.13. The van der Waals surface area contributed by atoms with Crippen LogP contribution in [-0.4, -0.2) is 42.9 Å². The van der Waals surface area contributed by atoms with Crippen LogP contribution in [0.3, 0.4) is 0 Å². The molecule has 0 bridgehead atoms. The van der Waals surface area contributed by atoms with Gasteiger partial charge in [-0.15, -0.1) is 0 Å². The number of hydrogen-bond donors (Lipinski definition) is 2. The Morgan fingerprint density at radius 3 is 2.40 bits per heavy atom. The standard InChI is InChI=1S/C9H17BrN2O3/c1-6(10)8(13)12-7(2)9(14)11-4-5-15-3/h6-7H,4-5H2,1-3H3,(H,11,14)(H,12,13). The first-order valence-corrected chi connectivity index (χ1v) is 5.61. The summed E-state index contributed by atoms with van der Waals surface area (Å²) in [6.45, 7) is 4.24. The maximum Gasteiger partial charge on any atom is 0.242 e. The third kappa shape index (κ3) is 6.46. The predicted octanol–water partition coefficient (Wildman–Crippen LogP) is 0.0371. The minimum atomic E-state index is -0.533. The summed E-state index contributed by atoms with van der Waals surface area (Å²) in [4.78, 5) is 22.3. The van der Waals surface area contributed by atoms with Gasteiger partial charge in [0.05, 0.1) is 11.4 Å². The van der Waals surface area contributed by atoms with Crippen molar-refractivity contribution in [2.45, 2.75) is 24.7 Å². The summed E-state index contributed by atoms with van der Waals surface area (Å²) in [5.74, 6) is -0.419. The van der Waals surface area contributed by atoms with Crippen molar-refractivity contribution >= 4 is 27.7 Å². The fraction of sp³-hybridized carbons (Fsp3) is 0.778. The molecule has 0 aromatic carbocycles. The molecular formula is C9H17BrN2O3. The van der Waals surface area contributed by atoms with Crippen molar-refractivity contribution in [1.82, 2.24) is 10.6 Å². The Morgan fingerprint density at radius 1 is 1.33 bits per heavy atom. The average Bonchev–Trinajstić information content (AvgIpc) is 2.17. The maximum absolute atomic E-state index is 11.4. The molecule has 0 fully saturated rings.